The number of hydrogen-bond acceptors (Lipinski definition) is 5. The zero-order valence-electron chi connectivity index (χ0n) is 15.8. The number of aryl methyl sites for hydroxylation is 1. The average molecular weight is 394 g/mol. The molecule has 5 nitrogen and oxygen atoms in total. The second-order valence-corrected chi connectivity index (χ2v) is 7.55. The van der Waals surface area contributed by atoms with E-state index in [1.165, 1.54) is 11.3 Å². The lowest BCUT2D eigenvalue weighted by Crippen LogP contribution is -2.36. The summed E-state index contributed by atoms with van der Waals surface area (Å²) in [6.07, 6.45) is -0.159. The van der Waals surface area contributed by atoms with Crippen LogP contribution in [0.5, 0.6) is 0 Å². The molecular formula is C22H22N2O3S. The van der Waals surface area contributed by atoms with Crippen LogP contribution in [0.2, 0.25) is 0 Å². The number of ether oxygens (including phenoxy) is 1. The zero-order chi connectivity index (χ0) is 19.9. The number of nitrogens with one attached hydrogen (secondary N) is 1. The summed E-state index contributed by atoms with van der Waals surface area (Å²) in [4.78, 5) is 29.8. The van der Waals surface area contributed by atoms with Crippen molar-refractivity contribution in [2.75, 3.05) is 6.54 Å². The second kappa shape index (κ2) is 9.28. The Balaban J connectivity index is 1.59. The molecule has 1 heterocycles. The minimum Gasteiger partial charge on any atom is -0.448 e. The van der Waals surface area contributed by atoms with Gasteiger partial charge in [-0.3, -0.25) is 4.79 Å². The van der Waals surface area contributed by atoms with Crippen LogP contribution in [0.15, 0.2) is 60.7 Å². The van der Waals surface area contributed by atoms with Crippen LogP contribution < -0.4 is 5.32 Å². The molecule has 0 bridgehead atoms. The highest BCUT2D eigenvalue weighted by Crippen LogP contribution is 2.28. The van der Waals surface area contributed by atoms with Gasteiger partial charge in [0.1, 0.15) is 4.88 Å². The third-order valence-corrected chi connectivity index (χ3v) is 5.13. The maximum atomic E-state index is 12.6. The Hall–Kier alpha value is -2.99. The Kier molecular flexibility index (Phi) is 6.55. The van der Waals surface area contributed by atoms with Crippen molar-refractivity contribution in [3.8, 4) is 11.3 Å². The number of rotatable bonds is 7. The van der Waals surface area contributed by atoms with Crippen molar-refractivity contribution >= 4 is 23.2 Å². The van der Waals surface area contributed by atoms with E-state index in [4.69, 9.17) is 4.74 Å². The van der Waals surface area contributed by atoms with Crippen LogP contribution >= 0.6 is 11.3 Å². The molecule has 0 radical (unpaired) electrons. The highest BCUT2D eigenvalue weighted by molar-refractivity contribution is 7.14. The molecule has 0 saturated carbocycles. The highest BCUT2D eigenvalue weighted by Gasteiger charge is 2.24. The van der Waals surface area contributed by atoms with Crippen LogP contribution in [0.25, 0.3) is 11.3 Å². The fraction of sp³-hybridized carbons (Fsp3) is 0.227. The third kappa shape index (κ3) is 5.04. The summed E-state index contributed by atoms with van der Waals surface area (Å²) in [6.45, 7) is 3.90. The van der Waals surface area contributed by atoms with Crippen LogP contribution in [0.4, 0.5) is 0 Å². The normalized spacial score (nSPS) is 11.6. The lowest BCUT2D eigenvalue weighted by Gasteiger charge is -2.13. The summed E-state index contributed by atoms with van der Waals surface area (Å²) in [6, 6.07) is 19.4. The maximum absolute atomic E-state index is 12.6. The number of esters is 1. The van der Waals surface area contributed by atoms with Crippen molar-refractivity contribution in [2.45, 2.75) is 26.4 Å². The van der Waals surface area contributed by atoms with Crippen molar-refractivity contribution in [1.82, 2.24) is 10.3 Å². The first-order valence-electron chi connectivity index (χ1n) is 9.10. The Morgan fingerprint density at radius 3 is 2.39 bits per heavy atom. The lowest BCUT2D eigenvalue weighted by atomic mass is 10.1. The summed E-state index contributed by atoms with van der Waals surface area (Å²) in [5.41, 5.74) is 2.57. The molecule has 6 heteroatoms. The minimum atomic E-state index is -0.880. The smallest absolute Gasteiger partial charge is 0.351 e. The number of benzene rings is 2. The zero-order valence-corrected chi connectivity index (χ0v) is 16.7. The highest BCUT2D eigenvalue weighted by atomic mass is 32.1. The molecule has 0 fully saturated rings. The van der Waals surface area contributed by atoms with Gasteiger partial charge in [-0.05, 0) is 25.8 Å². The van der Waals surface area contributed by atoms with Gasteiger partial charge in [0.25, 0.3) is 5.91 Å². The first kappa shape index (κ1) is 19.8. The molecule has 0 aliphatic rings. The third-order valence-electron chi connectivity index (χ3n) is 4.18. The molecule has 0 aliphatic heterocycles. The van der Waals surface area contributed by atoms with E-state index in [0.29, 0.717) is 17.1 Å². The van der Waals surface area contributed by atoms with E-state index in [0.717, 1.165) is 22.6 Å². The molecule has 3 aromatic rings. The summed E-state index contributed by atoms with van der Waals surface area (Å²) >= 11 is 1.27. The van der Waals surface area contributed by atoms with Gasteiger partial charge in [0.05, 0.1) is 10.7 Å². The predicted octanol–water partition coefficient (Wildman–Crippen LogP) is 4.02. The molecule has 0 saturated heterocycles. The first-order valence-corrected chi connectivity index (χ1v) is 9.91. The topological polar surface area (TPSA) is 68.3 Å². The number of carbonyl (C=O) groups excluding carboxylic acids is 2. The number of amides is 1. The molecule has 1 N–H and O–H groups in total. The monoisotopic (exact) mass is 394 g/mol. The lowest BCUT2D eigenvalue weighted by molar-refractivity contribution is -0.129. The summed E-state index contributed by atoms with van der Waals surface area (Å²) < 4.78 is 5.40. The van der Waals surface area contributed by atoms with E-state index < -0.39 is 12.1 Å². The van der Waals surface area contributed by atoms with Crippen LogP contribution in [0.3, 0.4) is 0 Å². The maximum Gasteiger partial charge on any atom is 0.351 e. The molecule has 3 rings (SSSR count). The van der Waals surface area contributed by atoms with Crippen LogP contribution in [0, 0.1) is 6.92 Å². The van der Waals surface area contributed by atoms with E-state index in [1.807, 2.05) is 67.6 Å². The SMILES string of the molecule is Cc1nc(-c2ccccc2)c(C(=O)O[C@@H](C)C(=O)NCCc2ccccc2)s1. The molecule has 1 aromatic heterocycles. The van der Waals surface area contributed by atoms with Gasteiger partial charge in [0, 0.05) is 12.1 Å². The number of thiazole rings is 1. The minimum absolute atomic E-state index is 0.313. The molecular weight excluding hydrogens is 372 g/mol. The quantitative estimate of drug-likeness (QED) is 0.615. The number of aromatic nitrogens is 1. The summed E-state index contributed by atoms with van der Waals surface area (Å²) in [5, 5.41) is 3.58. The number of nitrogens with zero attached hydrogens (tertiary/aromatic N) is 1. The van der Waals surface area contributed by atoms with Crippen molar-refractivity contribution in [1.29, 1.82) is 0 Å². The van der Waals surface area contributed by atoms with E-state index >= 15 is 0 Å². The Labute approximate surface area is 168 Å². The average Bonchev–Trinajstić information content (AvgIpc) is 3.11. The van der Waals surface area contributed by atoms with E-state index in [2.05, 4.69) is 10.3 Å². The van der Waals surface area contributed by atoms with Crippen molar-refractivity contribution < 1.29 is 14.3 Å². The molecule has 28 heavy (non-hydrogen) atoms. The predicted molar refractivity (Wildman–Crippen MR) is 110 cm³/mol. The van der Waals surface area contributed by atoms with Crippen molar-refractivity contribution in [3.05, 3.63) is 76.1 Å². The van der Waals surface area contributed by atoms with E-state index in [-0.39, 0.29) is 5.91 Å². The van der Waals surface area contributed by atoms with Crippen LogP contribution in [0.1, 0.15) is 27.2 Å². The Morgan fingerprint density at radius 2 is 1.71 bits per heavy atom. The van der Waals surface area contributed by atoms with Gasteiger partial charge in [-0.15, -0.1) is 11.3 Å². The van der Waals surface area contributed by atoms with Gasteiger partial charge in [0.15, 0.2) is 6.10 Å². The largest absolute Gasteiger partial charge is 0.448 e. The molecule has 144 valence electrons. The molecule has 0 spiro atoms. The summed E-state index contributed by atoms with van der Waals surface area (Å²) in [7, 11) is 0. The molecule has 1 amide bonds. The fourth-order valence-electron chi connectivity index (χ4n) is 2.74. The van der Waals surface area contributed by atoms with Crippen molar-refractivity contribution in [2.24, 2.45) is 0 Å². The van der Waals surface area contributed by atoms with Gasteiger partial charge in [-0.1, -0.05) is 60.7 Å². The Morgan fingerprint density at radius 1 is 1.07 bits per heavy atom. The van der Waals surface area contributed by atoms with Crippen LogP contribution in [-0.4, -0.2) is 29.5 Å². The van der Waals surface area contributed by atoms with Gasteiger partial charge in [-0.2, -0.15) is 0 Å². The van der Waals surface area contributed by atoms with E-state index in [1.54, 1.807) is 6.92 Å². The van der Waals surface area contributed by atoms with Crippen LogP contribution in [-0.2, 0) is 16.0 Å². The van der Waals surface area contributed by atoms with Gasteiger partial charge >= 0.3 is 5.97 Å². The standard InChI is InChI=1S/C22H22N2O3S/c1-15(21(25)23-14-13-17-9-5-3-6-10-17)27-22(26)20-19(24-16(2)28-20)18-11-7-4-8-12-18/h3-12,15H,13-14H2,1-2H3,(H,23,25)/t15-/m0/s1. The first-order chi connectivity index (χ1) is 13.5. The summed E-state index contributed by atoms with van der Waals surface area (Å²) in [5.74, 6) is -0.845. The van der Waals surface area contributed by atoms with Gasteiger partial charge in [-0.25, -0.2) is 9.78 Å². The molecule has 0 unspecified atom stereocenters. The molecule has 2 aromatic carbocycles. The number of carbonyl (C=O) groups is 2. The van der Waals surface area contributed by atoms with Crippen molar-refractivity contribution in [3.63, 3.8) is 0 Å². The fourth-order valence-corrected chi connectivity index (χ4v) is 3.57. The molecule has 1 atom stereocenters. The Bertz CT molecular complexity index is 939. The van der Waals surface area contributed by atoms with Gasteiger partial charge < -0.3 is 10.1 Å². The van der Waals surface area contributed by atoms with E-state index in [9.17, 15) is 9.59 Å². The van der Waals surface area contributed by atoms with Gasteiger partial charge in [0.2, 0.25) is 0 Å². The number of hydrogen-bond donors (Lipinski definition) is 1. The molecule has 0 aliphatic carbocycles. The second-order valence-electron chi connectivity index (χ2n) is 6.35.